The number of hydrogen-bond donors (Lipinski definition) is 1. The van der Waals surface area contributed by atoms with Crippen molar-refractivity contribution in [2.24, 2.45) is 5.92 Å². The van der Waals surface area contributed by atoms with Gasteiger partial charge in [0.25, 0.3) is 0 Å². The summed E-state index contributed by atoms with van der Waals surface area (Å²) in [6.07, 6.45) is -0.523. The van der Waals surface area contributed by atoms with E-state index in [1.54, 1.807) is 6.92 Å². The average molecular weight is 339 g/mol. The number of rotatable bonds is 4. The summed E-state index contributed by atoms with van der Waals surface area (Å²) in [5.74, 6) is 1.10. The molecule has 20 heavy (non-hydrogen) atoms. The number of nitrogens with zero attached hydrogens (tertiary/aromatic N) is 2. The number of aliphatic hydroxyl groups excluding tert-OH is 1. The van der Waals surface area contributed by atoms with Crippen LogP contribution in [0.2, 0.25) is 0 Å². The molecule has 0 spiro atoms. The van der Waals surface area contributed by atoms with Crippen LogP contribution in [-0.2, 0) is 0 Å². The molecule has 5 heteroatoms. The van der Waals surface area contributed by atoms with Gasteiger partial charge in [0.1, 0.15) is 0 Å². The van der Waals surface area contributed by atoms with Gasteiger partial charge >= 0.3 is 0 Å². The van der Waals surface area contributed by atoms with Crippen molar-refractivity contribution in [3.05, 3.63) is 34.1 Å². The molecule has 4 nitrogen and oxygen atoms in total. The predicted octanol–water partition coefficient (Wildman–Crippen LogP) is 3.93. The fourth-order valence-electron chi connectivity index (χ4n) is 2.33. The molecule has 2 aromatic rings. The molecule has 0 amide bonds. The zero-order chi connectivity index (χ0) is 14.9. The van der Waals surface area contributed by atoms with Crippen molar-refractivity contribution in [2.75, 3.05) is 0 Å². The van der Waals surface area contributed by atoms with Gasteiger partial charge in [0, 0.05) is 10.0 Å². The molecule has 0 aliphatic carbocycles. The van der Waals surface area contributed by atoms with Crippen LogP contribution in [0.3, 0.4) is 0 Å². The Balaban J connectivity index is 2.37. The molecule has 108 valence electrons. The van der Waals surface area contributed by atoms with Crippen LogP contribution < -0.4 is 0 Å². The molecule has 2 unspecified atom stereocenters. The van der Waals surface area contributed by atoms with Gasteiger partial charge in [0.15, 0.2) is 0 Å². The first-order valence-electron chi connectivity index (χ1n) is 6.68. The zero-order valence-corrected chi connectivity index (χ0v) is 13.7. The van der Waals surface area contributed by atoms with Gasteiger partial charge in [0.05, 0.1) is 12.0 Å². The molecule has 1 heterocycles. The Labute approximate surface area is 127 Å². The van der Waals surface area contributed by atoms with Crippen LogP contribution in [-0.4, -0.2) is 21.4 Å². The standard InChI is InChI=1S/C15H19BrN2O2/c1-8(2)13(10(4)19)15-17-14(18-20-15)11-6-5-9(3)7-12(11)16/h5-8,10,13,19H,1-4H3. The summed E-state index contributed by atoms with van der Waals surface area (Å²) in [6, 6.07) is 5.98. The first-order valence-corrected chi connectivity index (χ1v) is 7.47. The lowest BCUT2D eigenvalue weighted by Crippen LogP contribution is -2.20. The van der Waals surface area contributed by atoms with Crippen LogP contribution in [0.15, 0.2) is 27.2 Å². The number of benzene rings is 1. The van der Waals surface area contributed by atoms with Gasteiger partial charge in [-0.05, 0) is 37.5 Å². The van der Waals surface area contributed by atoms with E-state index in [9.17, 15) is 5.11 Å². The van der Waals surface area contributed by atoms with E-state index in [1.807, 2.05) is 39.0 Å². The predicted molar refractivity (Wildman–Crippen MR) is 81.4 cm³/mol. The van der Waals surface area contributed by atoms with Crippen molar-refractivity contribution in [3.8, 4) is 11.4 Å². The van der Waals surface area contributed by atoms with Crippen molar-refractivity contribution < 1.29 is 9.63 Å². The quantitative estimate of drug-likeness (QED) is 0.917. The molecule has 2 atom stereocenters. The fourth-order valence-corrected chi connectivity index (χ4v) is 3.00. The number of halogens is 1. The van der Waals surface area contributed by atoms with E-state index in [2.05, 4.69) is 26.1 Å². The molecule has 2 rings (SSSR count). The Morgan fingerprint density at radius 2 is 1.95 bits per heavy atom. The maximum atomic E-state index is 9.87. The molecule has 0 bridgehead atoms. The summed E-state index contributed by atoms with van der Waals surface area (Å²) in [4.78, 5) is 4.45. The zero-order valence-electron chi connectivity index (χ0n) is 12.1. The average Bonchev–Trinajstić information content (AvgIpc) is 2.76. The minimum absolute atomic E-state index is 0.152. The molecule has 0 fully saturated rings. The number of aromatic nitrogens is 2. The highest BCUT2D eigenvalue weighted by Crippen LogP contribution is 2.31. The second-order valence-corrected chi connectivity index (χ2v) is 6.30. The Morgan fingerprint density at radius 1 is 1.25 bits per heavy atom. The van der Waals surface area contributed by atoms with Crippen molar-refractivity contribution in [3.63, 3.8) is 0 Å². The lowest BCUT2D eigenvalue weighted by Gasteiger charge is -2.19. The SMILES string of the molecule is Cc1ccc(-c2noc(C(C(C)C)C(C)O)n2)c(Br)c1. The highest BCUT2D eigenvalue weighted by Gasteiger charge is 2.27. The summed E-state index contributed by atoms with van der Waals surface area (Å²) in [6.45, 7) is 7.83. The van der Waals surface area contributed by atoms with Crippen LogP contribution in [0.25, 0.3) is 11.4 Å². The molecule has 0 saturated carbocycles. The van der Waals surface area contributed by atoms with E-state index >= 15 is 0 Å². The highest BCUT2D eigenvalue weighted by atomic mass is 79.9. The van der Waals surface area contributed by atoms with Crippen molar-refractivity contribution >= 4 is 15.9 Å². The van der Waals surface area contributed by atoms with Gasteiger partial charge in [-0.2, -0.15) is 4.98 Å². The van der Waals surface area contributed by atoms with Crippen LogP contribution in [0.1, 0.15) is 38.1 Å². The van der Waals surface area contributed by atoms with Crippen molar-refractivity contribution in [1.82, 2.24) is 10.1 Å². The monoisotopic (exact) mass is 338 g/mol. The first kappa shape index (κ1) is 15.2. The molecule has 0 aliphatic rings. The largest absolute Gasteiger partial charge is 0.393 e. The summed E-state index contributed by atoms with van der Waals surface area (Å²) >= 11 is 3.52. The van der Waals surface area contributed by atoms with Gasteiger partial charge in [-0.15, -0.1) is 0 Å². The van der Waals surface area contributed by atoms with Gasteiger partial charge in [-0.1, -0.05) is 41.0 Å². The first-order chi connectivity index (χ1) is 9.40. The fraction of sp³-hybridized carbons (Fsp3) is 0.467. The molecule has 0 aliphatic heterocycles. The number of hydrogen-bond acceptors (Lipinski definition) is 4. The lowest BCUT2D eigenvalue weighted by molar-refractivity contribution is 0.120. The maximum absolute atomic E-state index is 9.87. The molecule has 1 N–H and O–H groups in total. The third-order valence-electron chi connectivity index (χ3n) is 3.33. The third-order valence-corrected chi connectivity index (χ3v) is 3.99. The lowest BCUT2D eigenvalue weighted by atomic mass is 9.91. The number of aliphatic hydroxyl groups is 1. The van der Waals surface area contributed by atoms with Crippen LogP contribution in [0.4, 0.5) is 0 Å². The molecule has 0 radical (unpaired) electrons. The second-order valence-electron chi connectivity index (χ2n) is 5.45. The molecular formula is C15H19BrN2O2. The summed E-state index contributed by atoms with van der Waals surface area (Å²) in [7, 11) is 0. The van der Waals surface area contributed by atoms with Gasteiger partial charge in [-0.25, -0.2) is 0 Å². The molecular weight excluding hydrogens is 320 g/mol. The van der Waals surface area contributed by atoms with Crippen LogP contribution in [0.5, 0.6) is 0 Å². The van der Waals surface area contributed by atoms with Crippen LogP contribution >= 0.6 is 15.9 Å². The second kappa shape index (κ2) is 6.06. The Bertz CT molecular complexity index is 585. The van der Waals surface area contributed by atoms with Crippen molar-refractivity contribution in [1.29, 1.82) is 0 Å². The maximum Gasteiger partial charge on any atom is 0.232 e. The minimum atomic E-state index is -0.523. The highest BCUT2D eigenvalue weighted by molar-refractivity contribution is 9.10. The van der Waals surface area contributed by atoms with Gasteiger partial charge in [-0.3, -0.25) is 0 Å². The van der Waals surface area contributed by atoms with Gasteiger partial charge < -0.3 is 9.63 Å². The Hall–Kier alpha value is -1.20. The van der Waals surface area contributed by atoms with E-state index in [1.165, 1.54) is 0 Å². The third kappa shape index (κ3) is 3.10. The normalized spacial score (nSPS) is 14.6. The smallest absolute Gasteiger partial charge is 0.232 e. The van der Waals surface area contributed by atoms with E-state index < -0.39 is 6.10 Å². The summed E-state index contributed by atoms with van der Waals surface area (Å²) in [5, 5.41) is 13.9. The van der Waals surface area contributed by atoms with Gasteiger partial charge in [0.2, 0.25) is 11.7 Å². The Morgan fingerprint density at radius 3 is 2.50 bits per heavy atom. The van der Waals surface area contributed by atoms with E-state index in [-0.39, 0.29) is 11.8 Å². The molecule has 1 aromatic carbocycles. The molecule has 0 saturated heterocycles. The Kier molecular flexibility index (Phi) is 4.60. The van der Waals surface area contributed by atoms with E-state index in [0.717, 1.165) is 15.6 Å². The van der Waals surface area contributed by atoms with Crippen molar-refractivity contribution in [2.45, 2.75) is 39.7 Å². The minimum Gasteiger partial charge on any atom is -0.393 e. The molecule has 1 aromatic heterocycles. The summed E-state index contributed by atoms with van der Waals surface area (Å²) < 4.78 is 6.28. The van der Waals surface area contributed by atoms with Crippen LogP contribution in [0, 0.1) is 12.8 Å². The summed E-state index contributed by atoms with van der Waals surface area (Å²) in [5.41, 5.74) is 2.05. The van der Waals surface area contributed by atoms with E-state index in [0.29, 0.717) is 11.7 Å². The van der Waals surface area contributed by atoms with E-state index in [4.69, 9.17) is 4.52 Å². The topological polar surface area (TPSA) is 59.2 Å². The number of aryl methyl sites for hydroxylation is 1.